The van der Waals surface area contributed by atoms with E-state index in [2.05, 4.69) is 5.32 Å². The third-order valence-electron chi connectivity index (χ3n) is 3.03. The lowest BCUT2D eigenvalue weighted by molar-refractivity contribution is 0.0916. The molecule has 2 N–H and O–H groups in total. The lowest BCUT2D eigenvalue weighted by Crippen LogP contribution is -2.29. The maximum Gasteiger partial charge on any atom is 0.287 e. The lowest BCUT2D eigenvalue weighted by atomic mass is 10.1. The molecule has 2 rings (SSSR count). The van der Waals surface area contributed by atoms with Crippen molar-refractivity contribution >= 4 is 16.9 Å². The van der Waals surface area contributed by atoms with Crippen LogP contribution >= 0.6 is 0 Å². The number of aliphatic hydroxyl groups excluding tert-OH is 1. The molecule has 5 heteroatoms. The largest absolute Gasteiger partial charge is 0.451 e. The highest BCUT2D eigenvalue weighted by molar-refractivity contribution is 5.98. The summed E-state index contributed by atoms with van der Waals surface area (Å²) in [7, 11) is 0. The number of halogens is 1. The Labute approximate surface area is 110 Å². The number of carbonyl (C=O) groups excluding carboxylic acids is 1. The fourth-order valence-corrected chi connectivity index (χ4v) is 1.82. The first-order chi connectivity index (χ1) is 9.02. The Bertz CT molecular complexity index is 606. The predicted octanol–water partition coefficient (Wildman–Crippen LogP) is 2.24. The molecular formula is C14H16FNO3. The van der Waals surface area contributed by atoms with E-state index < -0.39 is 0 Å². The van der Waals surface area contributed by atoms with Crippen LogP contribution in [0.5, 0.6) is 0 Å². The first-order valence-corrected chi connectivity index (χ1v) is 6.10. The number of nitrogens with one attached hydrogen (secondary N) is 1. The van der Waals surface area contributed by atoms with Crippen LogP contribution in [0.25, 0.3) is 11.0 Å². The van der Waals surface area contributed by atoms with E-state index in [4.69, 9.17) is 9.52 Å². The van der Waals surface area contributed by atoms with Gasteiger partial charge in [-0.15, -0.1) is 0 Å². The summed E-state index contributed by atoms with van der Waals surface area (Å²) in [6.07, 6.45) is 0. The van der Waals surface area contributed by atoms with Gasteiger partial charge in [0, 0.05) is 24.1 Å². The topological polar surface area (TPSA) is 62.5 Å². The summed E-state index contributed by atoms with van der Waals surface area (Å²) in [6.45, 7) is 3.90. The number of benzene rings is 1. The number of rotatable bonds is 4. The van der Waals surface area contributed by atoms with Crippen LogP contribution in [-0.4, -0.2) is 24.2 Å². The molecule has 0 fully saturated rings. The van der Waals surface area contributed by atoms with Gasteiger partial charge in [-0.2, -0.15) is 0 Å². The summed E-state index contributed by atoms with van der Waals surface area (Å²) in [5.74, 6) is -0.552. The van der Waals surface area contributed by atoms with Crippen molar-refractivity contribution in [2.75, 3.05) is 13.2 Å². The number of aliphatic hydroxyl groups is 1. The van der Waals surface area contributed by atoms with Crippen LogP contribution in [0.3, 0.4) is 0 Å². The Hall–Kier alpha value is -1.88. The number of fused-ring (bicyclic) bond motifs is 1. The molecule has 102 valence electrons. The Morgan fingerprint density at radius 3 is 2.95 bits per heavy atom. The van der Waals surface area contributed by atoms with Gasteiger partial charge in [0.25, 0.3) is 5.91 Å². The summed E-state index contributed by atoms with van der Waals surface area (Å²) in [5, 5.41) is 12.2. The summed E-state index contributed by atoms with van der Waals surface area (Å²) in [4.78, 5) is 12.0. The van der Waals surface area contributed by atoms with E-state index >= 15 is 0 Å². The molecule has 19 heavy (non-hydrogen) atoms. The number of hydrogen-bond acceptors (Lipinski definition) is 3. The molecule has 2 aromatic rings. The number of furan rings is 1. The third kappa shape index (κ3) is 2.76. The molecule has 0 saturated heterocycles. The van der Waals surface area contributed by atoms with E-state index in [1.807, 2.05) is 6.92 Å². The van der Waals surface area contributed by atoms with Crippen molar-refractivity contribution in [3.8, 4) is 0 Å². The Morgan fingerprint density at radius 2 is 2.26 bits per heavy atom. The summed E-state index contributed by atoms with van der Waals surface area (Å²) in [6, 6.07) is 4.15. The quantitative estimate of drug-likeness (QED) is 0.891. The standard InChI is InChI=1S/C14H16FNO3/c1-8(7-17)6-16-14(18)13-9(2)11-5-10(15)3-4-12(11)19-13/h3-5,8,17H,6-7H2,1-2H3,(H,16,18). The number of hydrogen-bond donors (Lipinski definition) is 2. The van der Waals surface area contributed by atoms with Gasteiger partial charge in [0.15, 0.2) is 5.76 Å². The Kier molecular flexibility index (Phi) is 3.85. The van der Waals surface area contributed by atoms with E-state index in [-0.39, 0.29) is 30.0 Å². The fourth-order valence-electron chi connectivity index (χ4n) is 1.82. The van der Waals surface area contributed by atoms with Crippen LogP contribution in [0.2, 0.25) is 0 Å². The molecule has 1 aromatic heterocycles. The smallest absolute Gasteiger partial charge is 0.287 e. The van der Waals surface area contributed by atoms with E-state index in [1.165, 1.54) is 18.2 Å². The zero-order chi connectivity index (χ0) is 14.0. The van der Waals surface area contributed by atoms with Crippen LogP contribution in [-0.2, 0) is 0 Å². The third-order valence-corrected chi connectivity index (χ3v) is 3.03. The number of carbonyl (C=O) groups is 1. The van der Waals surface area contributed by atoms with Gasteiger partial charge in [-0.3, -0.25) is 4.79 Å². The molecule has 0 spiro atoms. The molecule has 1 unspecified atom stereocenters. The molecule has 4 nitrogen and oxygen atoms in total. The van der Waals surface area contributed by atoms with Crippen LogP contribution in [0, 0.1) is 18.7 Å². The summed E-state index contributed by atoms with van der Waals surface area (Å²) < 4.78 is 18.6. The fraction of sp³-hybridized carbons (Fsp3) is 0.357. The molecule has 0 saturated carbocycles. The molecule has 0 aliphatic carbocycles. The van der Waals surface area contributed by atoms with Gasteiger partial charge in [-0.1, -0.05) is 6.92 Å². The van der Waals surface area contributed by atoms with Gasteiger partial charge >= 0.3 is 0 Å². The summed E-state index contributed by atoms with van der Waals surface area (Å²) in [5.41, 5.74) is 1.10. The molecule has 0 radical (unpaired) electrons. The zero-order valence-corrected chi connectivity index (χ0v) is 10.9. The predicted molar refractivity (Wildman–Crippen MR) is 69.5 cm³/mol. The van der Waals surface area contributed by atoms with Crippen LogP contribution < -0.4 is 5.32 Å². The lowest BCUT2D eigenvalue weighted by Gasteiger charge is -2.08. The normalized spacial score (nSPS) is 12.6. The minimum Gasteiger partial charge on any atom is -0.451 e. The minimum absolute atomic E-state index is 0.00457. The maximum atomic E-state index is 13.2. The van der Waals surface area contributed by atoms with E-state index in [0.29, 0.717) is 23.1 Å². The van der Waals surface area contributed by atoms with Crippen molar-refractivity contribution in [2.45, 2.75) is 13.8 Å². The van der Waals surface area contributed by atoms with Crippen molar-refractivity contribution in [1.82, 2.24) is 5.32 Å². The molecule has 0 aliphatic rings. The second kappa shape index (κ2) is 5.40. The Morgan fingerprint density at radius 1 is 1.53 bits per heavy atom. The highest BCUT2D eigenvalue weighted by Crippen LogP contribution is 2.25. The van der Waals surface area contributed by atoms with Gasteiger partial charge in [-0.25, -0.2) is 4.39 Å². The van der Waals surface area contributed by atoms with Crippen molar-refractivity contribution < 1.29 is 18.7 Å². The number of aryl methyl sites for hydroxylation is 1. The SMILES string of the molecule is Cc1c(C(=O)NCC(C)CO)oc2ccc(F)cc12. The van der Waals surface area contributed by atoms with Crippen LogP contribution in [0.15, 0.2) is 22.6 Å². The van der Waals surface area contributed by atoms with E-state index in [9.17, 15) is 9.18 Å². The monoisotopic (exact) mass is 265 g/mol. The van der Waals surface area contributed by atoms with Gasteiger partial charge in [0.05, 0.1) is 0 Å². The molecule has 1 aromatic carbocycles. The highest BCUT2D eigenvalue weighted by atomic mass is 19.1. The van der Waals surface area contributed by atoms with Crippen LogP contribution in [0.1, 0.15) is 23.0 Å². The van der Waals surface area contributed by atoms with E-state index in [0.717, 1.165) is 0 Å². The maximum absolute atomic E-state index is 13.2. The van der Waals surface area contributed by atoms with Crippen molar-refractivity contribution in [2.24, 2.45) is 5.92 Å². The second-order valence-electron chi connectivity index (χ2n) is 4.69. The second-order valence-corrected chi connectivity index (χ2v) is 4.69. The zero-order valence-electron chi connectivity index (χ0n) is 10.9. The first kappa shape index (κ1) is 13.5. The van der Waals surface area contributed by atoms with Crippen molar-refractivity contribution in [3.05, 3.63) is 35.3 Å². The minimum atomic E-state index is -0.364. The van der Waals surface area contributed by atoms with Gasteiger partial charge < -0.3 is 14.8 Å². The average Bonchev–Trinajstić information content (AvgIpc) is 2.73. The highest BCUT2D eigenvalue weighted by Gasteiger charge is 2.18. The Balaban J connectivity index is 2.25. The molecule has 1 heterocycles. The van der Waals surface area contributed by atoms with Gasteiger partial charge in [0.1, 0.15) is 11.4 Å². The summed E-state index contributed by atoms with van der Waals surface area (Å²) >= 11 is 0. The van der Waals surface area contributed by atoms with Crippen LogP contribution in [0.4, 0.5) is 4.39 Å². The molecule has 0 aliphatic heterocycles. The average molecular weight is 265 g/mol. The van der Waals surface area contributed by atoms with Gasteiger partial charge in [0.2, 0.25) is 0 Å². The van der Waals surface area contributed by atoms with Crippen molar-refractivity contribution in [1.29, 1.82) is 0 Å². The molecule has 1 amide bonds. The van der Waals surface area contributed by atoms with Gasteiger partial charge in [-0.05, 0) is 31.0 Å². The van der Waals surface area contributed by atoms with E-state index in [1.54, 1.807) is 6.92 Å². The molecule has 1 atom stereocenters. The van der Waals surface area contributed by atoms with Crippen molar-refractivity contribution in [3.63, 3.8) is 0 Å². The number of amides is 1. The first-order valence-electron chi connectivity index (χ1n) is 6.10. The molecule has 0 bridgehead atoms. The molecular weight excluding hydrogens is 249 g/mol.